The van der Waals surface area contributed by atoms with E-state index in [-0.39, 0.29) is 5.91 Å². The maximum Gasteiger partial charge on any atom is 0.276 e. The highest BCUT2D eigenvalue weighted by Gasteiger charge is 2.08. The molecule has 0 bridgehead atoms. The van der Waals surface area contributed by atoms with Crippen LogP contribution in [0.4, 0.5) is 0 Å². The predicted octanol–water partition coefficient (Wildman–Crippen LogP) is 1.23. The number of amides is 1. The van der Waals surface area contributed by atoms with E-state index in [0.717, 1.165) is 5.52 Å². The van der Waals surface area contributed by atoms with Crippen LogP contribution in [0.3, 0.4) is 0 Å². The van der Waals surface area contributed by atoms with Gasteiger partial charge in [-0.3, -0.25) is 9.63 Å². The highest BCUT2D eigenvalue weighted by atomic mass is 16.6. The Labute approximate surface area is 81.1 Å². The third kappa shape index (κ3) is 1.36. The molecule has 0 aromatic carbocycles. The van der Waals surface area contributed by atoms with Gasteiger partial charge >= 0.3 is 0 Å². The first-order valence-corrected chi connectivity index (χ1v) is 4.22. The number of pyridine rings is 1. The van der Waals surface area contributed by atoms with Gasteiger partial charge in [0.1, 0.15) is 0 Å². The highest BCUT2D eigenvalue weighted by Crippen LogP contribution is 2.10. The molecule has 2 aromatic rings. The van der Waals surface area contributed by atoms with E-state index in [2.05, 4.69) is 10.3 Å². The van der Waals surface area contributed by atoms with Crippen LogP contribution in [0.1, 0.15) is 10.4 Å². The fourth-order valence-corrected chi connectivity index (χ4v) is 1.41. The summed E-state index contributed by atoms with van der Waals surface area (Å²) in [5.74, 6) is -0.239. The summed E-state index contributed by atoms with van der Waals surface area (Å²) < 4.78 is 1.88. The van der Waals surface area contributed by atoms with Crippen LogP contribution in [-0.2, 0) is 4.84 Å². The number of hydrogen-bond donors (Lipinski definition) is 1. The number of fused-ring (bicyclic) bond motifs is 1. The Morgan fingerprint density at radius 2 is 2.07 bits per heavy atom. The molecule has 2 rings (SSSR count). The molecule has 1 N–H and O–H groups in total. The molecular formula is C10H10N2O2. The smallest absolute Gasteiger partial charge is 0.276 e. The second kappa shape index (κ2) is 3.51. The largest absolute Gasteiger partial charge is 0.323 e. The lowest BCUT2D eigenvalue weighted by atomic mass is 10.2. The minimum Gasteiger partial charge on any atom is -0.323 e. The number of hydroxylamine groups is 1. The quantitative estimate of drug-likeness (QED) is 0.724. The van der Waals surface area contributed by atoms with Crippen molar-refractivity contribution in [3.63, 3.8) is 0 Å². The van der Waals surface area contributed by atoms with Gasteiger partial charge in [-0.15, -0.1) is 0 Å². The standard InChI is InChI=1S/C10H10N2O2/c1-14-11-10(13)8-4-2-6-12-7-3-5-9(8)12/h2-7H,1H3,(H,11,13). The Balaban J connectivity index is 2.50. The summed E-state index contributed by atoms with van der Waals surface area (Å²) in [7, 11) is 1.41. The third-order valence-corrected chi connectivity index (χ3v) is 2.00. The van der Waals surface area contributed by atoms with Gasteiger partial charge in [-0.2, -0.15) is 0 Å². The van der Waals surface area contributed by atoms with Crippen molar-refractivity contribution < 1.29 is 9.63 Å². The zero-order valence-electron chi connectivity index (χ0n) is 7.73. The van der Waals surface area contributed by atoms with Gasteiger partial charge < -0.3 is 4.40 Å². The van der Waals surface area contributed by atoms with Crippen molar-refractivity contribution in [1.82, 2.24) is 9.88 Å². The van der Waals surface area contributed by atoms with Gasteiger partial charge in [-0.05, 0) is 24.3 Å². The Morgan fingerprint density at radius 3 is 2.79 bits per heavy atom. The van der Waals surface area contributed by atoms with Gasteiger partial charge in [0.15, 0.2) is 0 Å². The molecule has 0 unspecified atom stereocenters. The summed E-state index contributed by atoms with van der Waals surface area (Å²) in [4.78, 5) is 16.1. The van der Waals surface area contributed by atoms with E-state index in [1.54, 1.807) is 6.07 Å². The molecule has 4 heteroatoms. The monoisotopic (exact) mass is 190 g/mol. The molecule has 1 amide bonds. The molecular weight excluding hydrogens is 180 g/mol. The molecule has 0 aliphatic heterocycles. The third-order valence-electron chi connectivity index (χ3n) is 2.00. The molecule has 0 saturated heterocycles. The second-order valence-corrected chi connectivity index (χ2v) is 2.86. The van der Waals surface area contributed by atoms with Gasteiger partial charge in [0.2, 0.25) is 0 Å². The summed E-state index contributed by atoms with van der Waals surface area (Å²) in [5.41, 5.74) is 3.75. The van der Waals surface area contributed by atoms with Gasteiger partial charge in [-0.1, -0.05) is 0 Å². The number of carbonyl (C=O) groups excluding carboxylic acids is 1. The van der Waals surface area contributed by atoms with Crippen LogP contribution >= 0.6 is 0 Å². The number of aromatic nitrogens is 1. The average molecular weight is 190 g/mol. The van der Waals surface area contributed by atoms with Crippen LogP contribution in [0.2, 0.25) is 0 Å². The van der Waals surface area contributed by atoms with Gasteiger partial charge in [-0.25, -0.2) is 5.48 Å². The minimum atomic E-state index is -0.239. The molecule has 0 aliphatic carbocycles. The van der Waals surface area contributed by atoms with E-state index in [0.29, 0.717) is 5.56 Å². The second-order valence-electron chi connectivity index (χ2n) is 2.86. The van der Waals surface area contributed by atoms with E-state index >= 15 is 0 Å². The Kier molecular flexibility index (Phi) is 2.20. The number of hydrogen-bond acceptors (Lipinski definition) is 2. The van der Waals surface area contributed by atoms with Crippen LogP contribution < -0.4 is 5.48 Å². The highest BCUT2D eigenvalue weighted by molar-refractivity contribution is 6.00. The van der Waals surface area contributed by atoms with Crippen molar-refractivity contribution in [3.05, 3.63) is 42.2 Å². The molecule has 0 atom stereocenters. The Bertz CT molecular complexity index is 462. The summed E-state index contributed by atoms with van der Waals surface area (Å²) in [5, 5.41) is 0. The zero-order valence-corrected chi connectivity index (χ0v) is 7.73. The van der Waals surface area contributed by atoms with Crippen LogP contribution in [0.5, 0.6) is 0 Å². The number of nitrogens with zero attached hydrogens (tertiary/aromatic N) is 1. The van der Waals surface area contributed by atoms with Crippen molar-refractivity contribution in [1.29, 1.82) is 0 Å². The summed E-state index contributed by atoms with van der Waals surface area (Å²) in [6.45, 7) is 0. The SMILES string of the molecule is CONC(=O)c1cccn2cccc12. The topological polar surface area (TPSA) is 42.7 Å². The average Bonchev–Trinajstić information content (AvgIpc) is 2.65. The van der Waals surface area contributed by atoms with E-state index in [1.807, 2.05) is 35.0 Å². The lowest BCUT2D eigenvalue weighted by molar-refractivity contribution is 0.0539. The van der Waals surface area contributed by atoms with Gasteiger partial charge in [0, 0.05) is 12.4 Å². The summed E-state index contributed by atoms with van der Waals surface area (Å²) in [6.07, 6.45) is 3.78. The van der Waals surface area contributed by atoms with Crippen LogP contribution in [0.15, 0.2) is 36.7 Å². The van der Waals surface area contributed by atoms with E-state index < -0.39 is 0 Å². The Morgan fingerprint density at radius 1 is 1.36 bits per heavy atom. The van der Waals surface area contributed by atoms with Gasteiger partial charge in [0.05, 0.1) is 18.2 Å². The van der Waals surface area contributed by atoms with Crippen LogP contribution in [-0.4, -0.2) is 17.4 Å². The van der Waals surface area contributed by atoms with Crippen molar-refractivity contribution in [2.24, 2.45) is 0 Å². The number of nitrogens with one attached hydrogen (secondary N) is 1. The molecule has 72 valence electrons. The molecule has 4 nitrogen and oxygen atoms in total. The zero-order chi connectivity index (χ0) is 9.97. The number of carbonyl (C=O) groups is 1. The molecule has 14 heavy (non-hydrogen) atoms. The normalized spacial score (nSPS) is 10.4. The first kappa shape index (κ1) is 8.77. The molecule has 0 aliphatic rings. The van der Waals surface area contributed by atoms with Crippen molar-refractivity contribution >= 4 is 11.4 Å². The van der Waals surface area contributed by atoms with Gasteiger partial charge in [0.25, 0.3) is 5.91 Å². The van der Waals surface area contributed by atoms with Crippen molar-refractivity contribution in [2.45, 2.75) is 0 Å². The molecule has 0 fully saturated rings. The molecule has 0 spiro atoms. The minimum absolute atomic E-state index is 0.239. The summed E-state index contributed by atoms with van der Waals surface area (Å²) in [6, 6.07) is 7.34. The van der Waals surface area contributed by atoms with Crippen LogP contribution in [0, 0.1) is 0 Å². The van der Waals surface area contributed by atoms with E-state index in [9.17, 15) is 4.79 Å². The lowest BCUT2D eigenvalue weighted by Crippen LogP contribution is -2.22. The molecule has 2 aromatic heterocycles. The molecule has 0 saturated carbocycles. The maximum absolute atomic E-state index is 11.5. The van der Waals surface area contributed by atoms with Crippen molar-refractivity contribution in [3.8, 4) is 0 Å². The van der Waals surface area contributed by atoms with E-state index in [1.165, 1.54) is 7.11 Å². The van der Waals surface area contributed by atoms with E-state index in [4.69, 9.17) is 0 Å². The molecule has 0 radical (unpaired) electrons. The van der Waals surface area contributed by atoms with Crippen molar-refractivity contribution in [2.75, 3.05) is 7.11 Å². The molecule has 2 heterocycles. The fourth-order valence-electron chi connectivity index (χ4n) is 1.41. The first-order chi connectivity index (χ1) is 6.83. The fraction of sp³-hybridized carbons (Fsp3) is 0.100. The predicted molar refractivity (Wildman–Crippen MR) is 51.9 cm³/mol. The lowest BCUT2D eigenvalue weighted by Gasteiger charge is -2.03. The van der Waals surface area contributed by atoms with Crippen LogP contribution in [0.25, 0.3) is 5.52 Å². The first-order valence-electron chi connectivity index (χ1n) is 4.22. The maximum atomic E-state index is 11.5. The Hall–Kier alpha value is -1.81. The summed E-state index contributed by atoms with van der Waals surface area (Å²) >= 11 is 0. The number of rotatable bonds is 2.